The molecule has 3 rings (SSSR count). The number of nitrogens with two attached hydrogens (primary N) is 1. The Kier molecular flexibility index (Phi) is 2.97. The van der Waals surface area contributed by atoms with Crippen molar-refractivity contribution in [3.05, 3.63) is 65.7 Å². The Balaban J connectivity index is 2.06. The Morgan fingerprint density at radius 1 is 1.05 bits per heavy atom. The number of nitrogens with zero attached hydrogens (tertiary/aromatic N) is 2. The second-order valence-corrected chi connectivity index (χ2v) is 5.49. The van der Waals surface area contributed by atoms with Crippen LogP contribution in [0.5, 0.6) is 0 Å². The minimum absolute atomic E-state index is 0.222. The standard InChI is InChI=1S/C17H19N3/c1-13-8-10-15(11-9-13)20-16(18)19-12-17(20,2)14-6-4-3-5-7-14/h3-11H,12H2,1-2H3,(H2,18,19). The molecule has 0 saturated heterocycles. The van der Waals surface area contributed by atoms with Crippen LogP contribution in [0, 0.1) is 6.92 Å². The van der Waals surface area contributed by atoms with E-state index >= 15 is 0 Å². The number of hydrogen-bond donors (Lipinski definition) is 1. The molecule has 2 aromatic rings. The SMILES string of the molecule is Cc1ccc(N2C(N)=NCC2(C)c2ccccc2)cc1. The van der Waals surface area contributed by atoms with Crippen LogP contribution < -0.4 is 10.6 Å². The smallest absolute Gasteiger partial charge is 0.196 e. The van der Waals surface area contributed by atoms with Crippen LogP contribution in [0.25, 0.3) is 0 Å². The fourth-order valence-electron chi connectivity index (χ4n) is 2.76. The lowest BCUT2D eigenvalue weighted by Gasteiger charge is -2.36. The van der Waals surface area contributed by atoms with Gasteiger partial charge in [0, 0.05) is 5.69 Å². The number of hydrogen-bond acceptors (Lipinski definition) is 3. The molecule has 0 saturated carbocycles. The first-order valence-corrected chi connectivity index (χ1v) is 6.83. The lowest BCUT2D eigenvalue weighted by molar-refractivity contribution is 0.533. The maximum Gasteiger partial charge on any atom is 0.196 e. The van der Waals surface area contributed by atoms with Gasteiger partial charge in [0.05, 0.1) is 12.1 Å². The summed E-state index contributed by atoms with van der Waals surface area (Å²) in [6.07, 6.45) is 0. The van der Waals surface area contributed by atoms with Crippen molar-refractivity contribution in [3.63, 3.8) is 0 Å². The molecule has 1 unspecified atom stereocenters. The van der Waals surface area contributed by atoms with Gasteiger partial charge in [0.15, 0.2) is 5.96 Å². The van der Waals surface area contributed by atoms with Crippen LogP contribution in [0.15, 0.2) is 59.6 Å². The van der Waals surface area contributed by atoms with Gasteiger partial charge < -0.3 is 10.6 Å². The molecule has 3 heteroatoms. The highest BCUT2D eigenvalue weighted by atomic mass is 15.4. The molecule has 0 radical (unpaired) electrons. The topological polar surface area (TPSA) is 41.6 Å². The number of guanidine groups is 1. The van der Waals surface area contributed by atoms with Gasteiger partial charge in [-0.3, -0.25) is 4.99 Å². The quantitative estimate of drug-likeness (QED) is 0.906. The molecule has 2 aromatic carbocycles. The molecule has 102 valence electrons. The van der Waals surface area contributed by atoms with Gasteiger partial charge >= 0.3 is 0 Å². The maximum absolute atomic E-state index is 6.14. The van der Waals surface area contributed by atoms with E-state index in [1.807, 2.05) is 6.07 Å². The van der Waals surface area contributed by atoms with E-state index in [9.17, 15) is 0 Å². The molecule has 0 spiro atoms. The van der Waals surface area contributed by atoms with Gasteiger partial charge in [0.25, 0.3) is 0 Å². The van der Waals surface area contributed by atoms with E-state index in [-0.39, 0.29) is 5.54 Å². The summed E-state index contributed by atoms with van der Waals surface area (Å²) in [7, 11) is 0. The molecule has 0 bridgehead atoms. The molecule has 2 N–H and O–H groups in total. The molecule has 0 aliphatic carbocycles. The summed E-state index contributed by atoms with van der Waals surface area (Å²) < 4.78 is 0. The van der Waals surface area contributed by atoms with Gasteiger partial charge in [0.2, 0.25) is 0 Å². The van der Waals surface area contributed by atoms with Crippen LogP contribution in [-0.2, 0) is 5.54 Å². The van der Waals surface area contributed by atoms with Crippen molar-refractivity contribution in [1.29, 1.82) is 0 Å². The molecule has 0 fully saturated rings. The van der Waals surface area contributed by atoms with Crippen molar-refractivity contribution in [3.8, 4) is 0 Å². The van der Waals surface area contributed by atoms with Crippen molar-refractivity contribution in [2.75, 3.05) is 11.4 Å². The number of aryl methyl sites for hydroxylation is 1. The van der Waals surface area contributed by atoms with E-state index in [1.54, 1.807) is 0 Å². The monoisotopic (exact) mass is 265 g/mol. The zero-order valence-corrected chi connectivity index (χ0v) is 11.9. The second kappa shape index (κ2) is 4.67. The number of rotatable bonds is 2. The van der Waals surface area contributed by atoms with E-state index in [1.165, 1.54) is 11.1 Å². The number of benzene rings is 2. The van der Waals surface area contributed by atoms with Crippen molar-refractivity contribution in [2.24, 2.45) is 10.7 Å². The second-order valence-electron chi connectivity index (χ2n) is 5.49. The van der Waals surface area contributed by atoms with Gasteiger partial charge in [-0.2, -0.15) is 0 Å². The molecule has 1 aliphatic heterocycles. The molecule has 0 aromatic heterocycles. The first kappa shape index (κ1) is 12.7. The highest BCUT2D eigenvalue weighted by molar-refractivity contribution is 5.98. The maximum atomic E-state index is 6.14. The lowest BCUT2D eigenvalue weighted by atomic mass is 9.90. The summed E-state index contributed by atoms with van der Waals surface area (Å²) in [5, 5.41) is 0. The van der Waals surface area contributed by atoms with Gasteiger partial charge in [0.1, 0.15) is 0 Å². The Labute approximate surface area is 119 Å². The van der Waals surface area contributed by atoms with Crippen LogP contribution in [0.3, 0.4) is 0 Å². The summed E-state index contributed by atoms with van der Waals surface area (Å²) in [6, 6.07) is 18.8. The highest BCUT2D eigenvalue weighted by Gasteiger charge is 2.40. The molecule has 1 heterocycles. The summed E-state index contributed by atoms with van der Waals surface area (Å²) in [5.74, 6) is 0.584. The van der Waals surface area contributed by atoms with Crippen molar-refractivity contribution in [2.45, 2.75) is 19.4 Å². The third-order valence-electron chi connectivity index (χ3n) is 3.96. The van der Waals surface area contributed by atoms with E-state index in [0.717, 1.165) is 5.69 Å². The minimum atomic E-state index is -0.222. The third-order valence-corrected chi connectivity index (χ3v) is 3.96. The zero-order chi connectivity index (χ0) is 14.2. The van der Waals surface area contributed by atoms with Crippen LogP contribution >= 0.6 is 0 Å². The summed E-state index contributed by atoms with van der Waals surface area (Å²) >= 11 is 0. The van der Waals surface area contributed by atoms with Gasteiger partial charge in [-0.05, 0) is 31.5 Å². The van der Waals surface area contributed by atoms with E-state index in [0.29, 0.717) is 12.5 Å². The van der Waals surface area contributed by atoms with Crippen LogP contribution in [0.1, 0.15) is 18.1 Å². The van der Waals surface area contributed by atoms with E-state index in [2.05, 4.69) is 72.3 Å². The normalized spacial score (nSPS) is 21.9. The minimum Gasteiger partial charge on any atom is -0.369 e. The van der Waals surface area contributed by atoms with Crippen molar-refractivity contribution < 1.29 is 0 Å². The molecule has 3 nitrogen and oxygen atoms in total. The average molecular weight is 265 g/mol. The van der Waals surface area contributed by atoms with Gasteiger partial charge in [-0.1, -0.05) is 48.0 Å². The molecule has 20 heavy (non-hydrogen) atoms. The van der Waals surface area contributed by atoms with Gasteiger partial charge in [-0.15, -0.1) is 0 Å². The fraction of sp³-hybridized carbons (Fsp3) is 0.235. The molecule has 1 aliphatic rings. The number of aliphatic imine (C=N–C) groups is 1. The fourth-order valence-corrected chi connectivity index (χ4v) is 2.76. The zero-order valence-electron chi connectivity index (χ0n) is 11.9. The Hall–Kier alpha value is -2.29. The van der Waals surface area contributed by atoms with Crippen LogP contribution in [0.4, 0.5) is 5.69 Å². The highest BCUT2D eigenvalue weighted by Crippen LogP contribution is 2.36. The molecular weight excluding hydrogens is 246 g/mol. The van der Waals surface area contributed by atoms with Gasteiger partial charge in [-0.25, -0.2) is 0 Å². The van der Waals surface area contributed by atoms with Crippen molar-refractivity contribution in [1.82, 2.24) is 0 Å². The predicted octanol–water partition coefficient (Wildman–Crippen LogP) is 3.05. The van der Waals surface area contributed by atoms with Crippen molar-refractivity contribution >= 4 is 11.6 Å². The number of anilines is 1. The first-order valence-electron chi connectivity index (χ1n) is 6.83. The molecular formula is C17H19N3. The Morgan fingerprint density at radius 3 is 2.35 bits per heavy atom. The molecule has 1 atom stereocenters. The Bertz CT molecular complexity index is 631. The molecule has 0 amide bonds. The summed E-state index contributed by atoms with van der Waals surface area (Å²) in [4.78, 5) is 6.59. The Morgan fingerprint density at radius 2 is 1.70 bits per heavy atom. The largest absolute Gasteiger partial charge is 0.369 e. The average Bonchev–Trinajstić information content (AvgIpc) is 2.78. The van der Waals surface area contributed by atoms with E-state index in [4.69, 9.17) is 5.73 Å². The van der Waals surface area contributed by atoms with Crippen LogP contribution in [0.2, 0.25) is 0 Å². The summed E-state index contributed by atoms with van der Waals surface area (Å²) in [6.45, 7) is 4.95. The third kappa shape index (κ3) is 1.95. The van der Waals surface area contributed by atoms with Crippen LogP contribution in [-0.4, -0.2) is 12.5 Å². The first-order chi connectivity index (χ1) is 9.61. The predicted molar refractivity (Wildman–Crippen MR) is 83.9 cm³/mol. The lowest BCUT2D eigenvalue weighted by Crippen LogP contribution is -2.47. The summed E-state index contributed by atoms with van der Waals surface area (Å²) in [5.41, 5.74) is 9.47. The van der Waals surface area contributed by atoms with E-state index < -0.39 is 0 Å².